The van der Waals surface area contributed by atoms with Crippen LogP contribution in [0.5, 0.6) is 0 Å². The number of rotatable bonds is 4. The van der Waals surface area contributed by atoms with E-state index < -0.39 is 0 Å². The maximum atomic E-state index is 10.8. The first-order valence-corrected chi connectivity index (χ1v) is 5.99. The summed E-state index contributed by atoms with van der Waals surface area (Å²) in [5.41, 5.74) is 0. The highest BCUT2D eigenvalue weighted by atomic mass is 127. The highest BCUT2D eigenvalue weighted by molar-refractivity contribution is 14.1. The third kappa shape index (κ3) is 4.78. The molecule has 0 rings (SSSR count). The van der Waals surface area contributed by atoms with Crippen LogP contribution in [-0.2, 0) is 4.79 Å². The van der Waals surface area contributed by atoms with Gasteiger partial charge in [0.15, 0.2) is 5.78 Å². The molecule has 1 unspecified atom stereocenters. The van der Waals surface area contributed by atoms with Gasteiger partial charge in [-0.2, -0.15) is 0 Å². The van der Waals surface area contributed by atoms with Crippen molar-refractivity contribution >= 4 is 62.6 Å². The lowest BCUT2D eigenvalue weighted by atomic mass is 10.2. The van der Waals surface area contributed by atoms with Gasteiger partial charge >= 0.3 is 0 Å². The minimum absolute atomic E-state index is 0.167. The summed E-state index contributed by atoms with van der Waals surface area (Å²) >= 11 is 9.92. The van der Waals surface area contributed by atoms with Crippen molar-refractivity contribution in [3.05, 3.63) is 0 Å². The van der Waals surface area contributed by atoms with E-state index in [0.717, 1.165) is 8.86 Å². The Morgan fingerprint density at radius 3 is 2.44 bits per heavy atom. The molecule has 4 heteroatoms. The van der Waals surface area contributed by atoms with Gasteiger partial charge in [-0.05, 0) is 0 Å². The SMILES string of the molecule is O=C(CCI)C(Cl)CI. The van der Waals surface area contributed by atoms with Gasteiger partial charge in [-0.25, -0.2) is 0 Å². The highest BCUT2D eigenvalue weighted by Gasteiger charge is 2.11. The van der Waals surface area contributed by atoms with Crippen molar-refractivity contribution in [1.82, 2.24) is 0 Å². The van der Waals surface area contributed by atoms with E-state index in [1.807, 2.05) is 0 Å². The summed E-state index contributed by atoms with van der Waals surface area (Å²) in [7, 11) is 0. The second-order valence-electron chi connectivity index (χ2n) is 1.53. The minimum atomic E-state index is -0.264. The standard InChI is InChI=1S/C5H7ClI2O/c6-4(3-8)5(9)1-2-7/h4H,1-3H2. The number of hydrogen-bond donors (Lipinski definition) is 0. The first-order valence-electron chi connectivity index (χ1n) is 2.51. The summed E-state index contributed by atoms with van der Waals surface area (Å²) in [6.07, 6.45) is 0.609. The van der Waals surface area contributed by atoms with Crippen LogP contribution in [0.3, 0.4) is 0 Å². The molecule has 0 fully saturated rings. The second kappa shape index (κ2) is 6.15. The molecule has 9 heavy (non-hydrogen) atoms. The number of hydrogen-bond acceptors (Lipinski definition) is 1. The highest BCUT2D eigenvalue weighted by Crippen LogP contribution is 2.05. The molecule has 0 aromatic rings. The number of alkyl halides is 3. The molecule has 0 amide bonds. The first kappa shape index (κ1) is 10.4. The fourth-order valence-electron chi connectivity index (χ4n) is 0.336. The van der Waals surface area contributed by atoms with E-state index in [2.05, 4.69) is 45.2 Å². The van der Waals surface area contributed by atoms with E-state index in [9.17, 15) is 4.79 Å². The molecular formula is C5H7ClI2O. The number of ketones is 1. The zero-order valence-corrected chi connectivity index (χ0v) is 9.81. The van der Waals surface area contributed by atoms with Crippen LogP contribution in [0.2, 0.25) is 0 Å². The quantitative estimate of drug-likeness (QED) is 0.547. The van der Waals surface area contributed by atoms with Gasteiger partial charge in [0, 0.05) is 15.3 Å². The summed E-state index contributed by atoms with van der Waals surface area (Å²) in [5.74, 6) is 0.167. The molecule has 1 atom stereocenters. The Kier molecular flexibility index (Phi) is 7.12. The van der Waals surface area contributed by atoms with Crippen LogP contribution in [0.4, 0.5) is 0 Å². The van der Waals surface area contributed by atoms with Crippen molar-refractivity contribution in [3.8, 4) is 0 Å². The molecule has 0 bridgehead atoms. The van der Waals surface area contributed by atoms with Gasteiger partial charge in [-0.15, -0.1) is 11.6 Å². The topological polar surface area (TPSA) is 17.1 Å². The molecule has 0 aliphatic heterocycles. The van der Waals surface area contributed by atoms with Gasteiger partial charge in [0.05, 0.1) is 0 Å². The zero-order valence-electron chi connectivity index (χ0n) is 4.74. The third-order valence-corrected chi connectivity index (χ3v) is 3.16. The Bertz CT molecular complexity index is 97.0. The summed E-state index contributed by atoms with van der Waals surface area (Å²) in [6, 6.07) is 0. The van der Waals surface area contributed by atoms with Crippen molar-refractivity contribution < 1.29 is 4.79 Å². The number of carbonyl (C=O) groups is 1. The summed E-state index contributed by atoms with van der Waals surface area (Å²) in [5, 5.41) is -0.264. The van der Waals surface area contributed by atoms with Crippen molar-refractivity contribution in [3.63, 3.8) is 0 Å². The van der Waals surface area contributed by atoms with Gasteiger partial charge in [0.25, 0.3) is 0 Å². The maximum Gasteiger partial charge on any atom is 0.152 e. The average molecular weight is 372 g/mol. The molecule has 0 aromatic heterocycles. The summed E-state index contributed by atoms with van der Waals surface area (Å²) < 4.78 is 1.59. The lowest BCUT2D eigenvalue weighted by Gasteiger charge is -2.00. The first-order chi connectivity index (χ1) is 4.22. The molecule has 0 aliphatic rings. The molecule has 0 aliphatic carbocycles. The van der Waals surface area contributed by atoms with E-state index in [-0.39, 0.29) is 11.2 Å². The van der Waals surface area contributed by atoms with Crippen LogP contribution in [0, 0.1) is 0 Å². The molecule has 54 valence electrons. The second-order valence-corrected chi connectivity index (χ2v) is 4.01. The Balaban J connectivity index is 3.46. The smallest absolute Gasteiger partial charge is 0.152 e. The van der Waals surface area contributed by atoms with Crippen LogP contribution in [-0.4, -0.2) is 20.0 Å². The van der Waals surface area contributed by atoms with Gasteiger partial charge < -0.3 is 0 Å². The molecule has 0 heterocycles. The Morgan fingerprint density at radius 2 is 2.11 bits per heavy atom. The van der Waals surface area contributed by atoms with Crippen molar-refractivity contribution in [1.29, 1.82) is 0 Å². The Morgan fingerprint density at radius 1 is 1.56 bits per heavy atom. The van der Waals surface area contributed by atoms with E-state index in [1.165, 1.54) is 0 Å². The van der Waals surface area contributed by atoms with Crippen LogP contribution in [0.1, 0.15) is 6.42 Å². The number of Topliss-reactive ketones (excluding diaryl/α,β-unsaturated/α-hetero) is 1. The molecule has 0 radical (unpaired) electrons. The van der Waals surface area contributed by atoms with Crippen molar-refractivity contribution in [2.45, 2.75) is 11.8 Å². The molecule has 0 N–H and O–H groups in total. The van der Waals surface area contributed by atoms with Crippen LogP contribution < -0.4 is 0 Å². The monoisotopic (exact) mass is 372 g/mol. The molecule has 0 aromatic carbocycles. The molecular weight excluding hydrogens is 365 g/mol. The van der Waals surface area contributed by atoms with Gasteiger partial charge in [-0.1, -0.05) is 45.2 Å². The van der Waals surface area contributed by atoms with Gasteiger partial charge in [0.2, 0.25) is 0 Å². The normalized spacial score (nSPS) is 13.2. The lowest BCUT2D eigenvalue weighted by molar-refractivity contribution is -0.117. The number of carbonyl (C=O) groups excluding carboxylic acids is 1. The minimum Gasteiger partial charge on any atom is -0.298 e. The zero-order chi connectivity index (χ0) is 7.28. The van der Waals surface area contributed by atoms with Crippen molar-refractivity contribution in [2.24, 2.45) is 0 Å². The predicted molar refractivity (Wildman–Crippen MR) is 57.0 cm³/mol. The Labute approximate surface area is 87.2 Å². The third-order valence-electron chi connectivity index (χ3n) is 0.826. The van der Waals surface area contributed by atoms with E-state index >= 15 is 0 Å². The van der Waals surface area contributed by atoms with E-state index in [1.54, 1.807) is 0 Å². The lowest BCUT2D eigenvalue weighted by Crippen LogP contribution is -2.15. The molecule has 0 saturated carbocycles. The predicted octanol–water partition coefficient (Wildman–Crippen LogP) is 2.42. The van der Waals surface area contributed by atoms with Gasteiger partial charge in [0.1, 0.15) is 5.38 Å². The molecule has 1 nitrogen and oxygen atoms in total. The number of halogens is 3. The largest absolute Gasteiger partial charge is 0.298 e. The van der Waals surface area contributed by atoms with E-state index in [4.69, 9.17) is 11.6 Å². The Hall–Kier alpha value is 1.42. The maximum absolute atomic E-state index is 10.8. The molecule has 0 saturated heterocycles. The van der Waals surface area contributed by atoms with Crippen LogP contribution in [0.15, 0.2) is 0 Å². The van der Waals surface area contributed by atoms with Gasteiger partial charge in [-0.3, -0.25) is 4.79 Å². The molecule has 0 spiro atoms. The van der Waals surface area contributed by atoms with Crippen LogP contribution >= 0.6 is 56.8 Å². The van der Waals surface area contributed by atoms with Crippen LogP contribution in [0.25, 0.3) is 0 Å². The fraction of sp³-hybridized carbons (Fsp3) is 0.800. The average Bonchev–Trinajstić information content (AvgIpc) is 1.87. The summed E-state index contributed by atoms with van der Waals surface area (Å²) in [6.45, 7) is 0. The summed E-state index contributed by atoms with van der Waals surface area (Å²) in [4.78, 5) is 10.8. The van der Waals surface area contributed by atoms with Crippen molar-refractivity contribution in [2.75, 3.05) is 8.86 Å². The van der Waals surface area contributed by atoms with E-state index in [0.29, 0.717) is 6.42 Å². The fourth-order valence-corrected chi connectivity index (χ4v) is 1.47.